The second-order valence-electron chi connectivity index (χ2n) is 18.0. The highest BCUT2D eigenvalue weighted by molar-refractivity contribution is 5.70. The number of unbranched alkanes of at least 4 members (excludes halogenated alkanes) is 17. The number of likely N-dealkylation sites (N-methyl/N-ethyl adjacent to an activating group) is 1. The summed E-state index contributed by atoms with van der Waals surface area (Å²) in [4.78, 5) is 37.0. The lowest BCUT2D eigenvalue weighted by Crippen LogP contribution is -2.55. The minimum absolute atomic E-state index is 0.0280. The van der Waals surface area contributed by atoms with Crippen molar-refractivity contribution in [3.05, 3.63) is 85.1 Å². The predicted molar refractivity (Wildman–Crippen MR) is 268 cm³/mol. The van der Waals surface area contributed by atoms with Gasteiger partial charge in [0, 0.05) is 19.3 Å². The van der Waals surface area contributed by atoms with Crippen LogP contribution in [0.25, 0.3) is 0 Å². The first-order valence-corrected chi connectivity index (χ1v) is 25.6. The normalized spacial score (nSPS) is 13.6. The fraction of sp³-hybridized carbons (Fsp3) is 0.696. The first-order chi connectivity index (χ1) is 31.1. The van der Waals surface area contributed by atoms with E-state index in [9.17, 15) is 19.5 Å². The highest BCUT2D eigenvalue weighted by Gasteiger charge is 2.25. The van der Waals surface area contributed by atoms with Crippen LogP contribution in [0.1, 0.15) is 200 Å². The lowest BCUT2D eigenvalue weighted by molar-refractivity contribution is -0.889. The zero-order chi connectivity index (χ0) is 47.0. The van der Waals surface area contributed by atoms with Crippen LogP contribution in [0.4, 0.5) is 0 Å². The third kappa shape index (κ3) is 43.7. The average molecular weight is 894 g/mol. The number of carbonyl (C=O) groups is 3. The summed E-state index contributed by atoms with van der Waals surface area (Å²) in [7, 11) is 5.40. The van der Waals surface area contributed by atoms with Crippen LogP contribution in [0, 0.1) is 0 Å². The van der Waals surface area contributed by atoms with E-state index in [1.807, 2.05) is 0 Å². The molecule has 0 aliphatic rings. The number of esters is 2. The molecular weight excluding hydrogens is 799 g/mol. The van der Waals surface area contributed by atoms with Crippen LogP contribution in [0.5, 0.6) is 0 Å². The van der Waals surface area contributed by atoms with Gasteiger partial charge < -0.3 is 28.6 Å². The predicted octanol–water partition coefficient (Wildman–Crippen LogP) is 13.5. The molecule has 0 heterocycles. The van der Waals surface area contributed by atoms with E-state index >= 15 is 0 Å². The van der Waals surface area contributed by atoms with Crippen molar-refractivity contribution in [1.82, 2.24) is 0 Å². The van der Waals surface area contributed by atoms with Gasteiger partial charge in [-0.2, -0.15) is 0 Å². The van der Waals surface area contributed by atoms with E-state index in [1.165, 1.54) is 64.2 Å². The molecule has 0 saturated heterocycles. The van der Waals surface area contributed by atoms with Gasteiger partial charge in [0.2, 0.25) is 0 Å². The summed E-state index contributed by atoms with van der Waals surface area (Å²) >= 11 is 0. The third-order valence-corrected chi connectivity index (χ3v) is 11.0. The maximum absolute atomic E-state index is 12.8. The molecule has 0 saturated carbocycles. The standard InChI is InChI=1S/C56H95NO7/c1-6-8-10-12-14-16-18-20-22-24-26-27-29-30-32-34-36-38-40-42-44-46-54(58)63-51-52(50-62-49-48-53(56(60)61)57(3,4)5)64-55(59)47-45-43-41-39-37-35-33-31-28-25-23-21-19-17-15-13-11-9-7-2/h9,11,14-17,20-23,26-27,30,32,52-53H,6-8,10,12-13,18-19,24-25,28-29,31,33-51H2,1-5H3/b11-9+,16-14+,17-15+,22-20+,23-21+,27-26+,32-30+. The van der Waals surface area contributed by atoms with Gasteiger partial charge in [0.05, 0.1) is 40.3 Å². The minimum Gasteiger partial charge on any atom is -0.544 e. The number of carboxylic acids is 1. The summed E-state index contributed by atoms with van der Waals surface area (Å²) in [5.41, 5.74) is 0. The molecule has 0 aliphatic heterocycles. The number of nitrogens with zero attached hydrogens (tertiary/aromatic N) is 1. The largest absolute Gasteiger partial charge is 0.544 e. The Labute approximate surface area is 393 Å². The van der Waals surface area contributed by atoms with Crippen LogP contribution in [0.3, 0.4) is 0 Å². The molecule has 0 bridgehead atoms. The Kier molecular flexibility index (Phi) is 43.5. The minimum atomic E-state index is -1.13. The summed E-state index contributed by atoms with van der Waals surface area (Å²) in [6.45, 7) is 4.50. The molecule has 0 rings (SSSR count). The summed E-state index contributed by atoms with van der Waals surface area (Å²) in [6, 6.07) is -0.735. The average Bonchev–Trinajstić information content (AvgIpc) is 3.26. The number of ether oxygens (including phenoxy) is 3. The lowest BCUT2D eigenvalue weighted by Gasteiger charge is -2.34. The fourth-order valence-electron chi connectivity index (χ4n) is 7.07. The highest BCUT2D eigenvalue weighted by atomic mass is 16.6. The van der Waals surface area contributed by atoms with E-state index in [1.54, 1.807) is 21.1 Å². The summed E-state index contributed by atoms with van der Waals surface area (Å²) in [5, 5.41) is 11.7. The number of allylic oxidation sites excluding steroid dienone is 14. The van der Waals surface area contributed by atoms with Crippen molar-refractivity contribution >= 4 is 17.9 Å². The number of carboxylic acid groups (broad SMARTS) is 1. The van der Waals surface area contributed by atoms with Crippen molar-refractivity contribution in [1.29, 1.82) is 0 Å². The quantitative estimate of drug-likeness (QED) is 0.0260. The molecule has 8 nitrogen and oxygen atoms in total. The molecule has 0 N–H and O–H groups in total. The van der Waals surface area contributed by atoms with Gasteiger partial charge in [-0.15, -0.1) is 0 Å². The number of hydrogen-bond donors (Lipinski definition) is 0. The van der Waals surface area contributed by atoms with Crippen LogP contribution in [-0.4, -0.2) is 75.5 Å². The maximum Gasteiger partial charge on any atom is 0.306 e. The second kappa shape index (κ2) is 46.1. The van der Waals surface area contributed by atoms with Gasteiger partial charge in [-0.05, 0) is 89.9 Å². The van der Waals surface area contributed by atoms with E-state index in [-0.39, 0.29) is 42.7 Å². The molecule has 64 heavy (non-hydrogen) atoms. The Bertz CT molecular complexity index is 1320. The van der Waals surface area contributed by atoms with Crippen molar-refractivity contribution in [3.63, 3.8) is 0 Å². The van der Waals surface area contributed by atoms with Crippen molar-refractivity contribution < 1.29 is 38.2 Å². The Morgan fingerprint density at radius 3 is 1.30 bits per heavy atom. The van der Waals surface area contributed by atoms with Gasteiger partial charge in [0.15, 0.2) is 6.10 Å². The van der Waals surface area contributed by atoms with Crippen molar-refractivity contribution in [3.8, 4) is 0 Å². The lowest BCUT2D eigenvalue weighted by atomic mass is 10.1. The highest BCUT2D eigenvalue weighted by Crippen LogP contribution is 2.14. The third-order valence-electron chi connectivity index (χ3n) is 11.0. The molecule has 8 heteroatoms. The molecule has 0 aliphatic carbocycles. The number of hydrogen-bond acceptors (Lipinski definition) is 7. The topological polar surface area (TPSA) is 102 Å². The first kappa shape index (κ1) is 60.5. The van der Waals surface area contributed by atoms with Crippen LogP contribution in [-0.2, 0) is 28.6 Å². The van der Waals surface area contributed by atoms with E-state index < -0.39 is 18.1 Å². The SMILES string of the molecule is CC/C=C/C/C=C/C/C=C/CCCCCCCCCCCC(=O)OC(COCCC(C(=O)[O-])[N+](C)(C)C)COC(=O)CCCCCCC/C=C/C/C=C/C/C=C/C/C=C/CCCCC. The van der Waals surface area contributed by atoms with Crippen LogP contribution in [0.15, 0.2) is 85.1 Å². The number of aliphatic carboxylic acids is 1. The molecule has 0 aromatic heterocycles. The Morgan fingerprint density at radius 1 is 0.484 bits per heavy atom. The molecule has 2 atom stereocenters. The zero-order valence-corrected chi connectivity index (χ0v) is 41.7. The fourth-order valence-corrected chi connectivity index (χ4v) is 7.07. The smallest absolute Gasteiger partial charge is 0.306 e. The van der Waals surface area contributed by atoms with Crippen LogP contribution >= 0.6 is 0 Å². The second-order valence-corrected chi connectivity index (χ2v) is 18.0. The van der Waals surface area contributed by atoms with E-state index in [0.29, 0.717) is 12.8 Å². The summed E-state index contributed by atoms with van der Waals surface area (Å²) in [6.07, 6.45) is 60.3. The van der Waals surface area contributed by atoms with Gasteiger partial charge in [-0.3, -0.25) is 9.59 Å². The van der Waals surface area contributed by atoms with Gasteiger partial charge in [0.1, 0.15) is 12.6 Å². The molecule has 2 unspecified atom stereocenters. The van der Waals surface area contributed by atoms with Gasteiger partial charge in [-0.1, -0.05) is 176 Å². The first-order valence-electron chi connectivity index (χ1n) is 25.6. The Morgan fingerprint density at radius 2 is 0.875 bits per heavy atom. The van der Waals surface area contributed by atoms with Crippen LogP contribution < -0.4 is 5.11 Å². The molecule has 0 spiro atoms. The van der Waals surface area contributed by atoms with E-state index in [0.717, 1.165) is 103 Å². The van der Waals surface area contributed by atoms with Gasteiger partial charge in [0.25, 0.3) is 0 Å². The zero-order valence-electron chi connectivity index (χ0n) is 41.7. The maximum atomic E-state index is 12.8. The van der Waals surface area contributed by atoms with E-state index in [4.69, 9.17) is 14.2 Å². The van der Waals surface area contributed by atoms with Gasteiger partial charge >= 0.3 is 11.9 Å². The monoisotopic (exact) mass is 894 g/mol. The Balaban J connectivity index is 4.31. The summed E-state index contributed by atoms with van der Waals surface area (Å²) in [5.74, 6) is -1.77. The molecule has 0 aromatic rings. The molecular formula is C56H95NO7. The van der Waals surface area contributed by atoms with E-state index in [2.05, 4.69) is 98.9 Å². The number of quaternary nitrogens is 1. The Hall–Kier alpha value is -3.49. The van der Waals surface area contributed by atoms with Crippen molar-refractivity contribution in [2.75, 3.05) is 41.0 Å². The van der Waals surface area contributed by atoms with Crippen molar-refractivity contribution in [2.24, 2.45) is 0 Å². The molecule has 0 aromatic carbocycles. The molecule has 0 fully saturated rings. The van der Waals surface area contributed by atoms with Crippen molar-refractivity contribution in [2.45, 2.75) is 212 Å². The molecule has 0 amide bonds. The molecule has 366 valence electrons. The van der Waals surface area contributed by atoms with Gasteiger partial charge in [-0.25, -0.2) is 0 Å². The number of rotatable bonds is 45. The molecule has 0 radical (unpaired) electrons. The van der Waals surface area contributed by atoms with Crippen LogP contribution in [0.2, 0.25) is 0 Å². The number of carbonyl (C=O) groups excluding carboxylic acids is 3. The summed E-state index contributed by atoms with van der Waals surface area (Å²) < 4.78 is 17.2.